The number of rotatable bonds is 4. The van der Waals surface area contributed by atoms with Crippen LogP contribution in [0.25, 0.3) is 10.2 Å². The summed E-state index contributed by atoms with van der Waals surface area (Å²) >= 11 is 3.25. The highest BCUT2D eigenvalue weighted by Crippen LogP contribution is 2.30. The van der Waals surface area contributed by atoms with Crippen LogP contribution in [-0.2, 0) is 4.79 Å². The number of nitrogens with one attached hydrogen (secondary N) is 1. The molecule has 102 valence electrons. The molecule has 1 amide bonds. The highest BCUT2D eigenvalue weighted by Gasteiger charge is 2.16. The average Bonchev–Trinajstić information content (AvgIpc) is 2.68. The number of nitrogens with two attached hydrogens (primary N) is 1. The zero-order chi connectivity index (χ0) is 14.0. The lowest BCUT2D eigenvalue weighted by molar-refractivity contribution is -0.117. The lowest BCUT2D eigenvalue weighted by Gasteiger charge is -2.17. The maximum atomic E-state index is 11.8. The molecule has 1 aromatic carbocycles. The zero-order valence-electron chi connectivity index (χ0n) is 11.2. The number of benzene rings is 1. The van der Waals surface area contributed by atoms with Gasteiger partial charge in [-0.1, -0.05) is 11.8 Å². The van der Waals surface area contributed by atoms with Crippen molar-refractivity contribution in [3.05, 3.63) is 18.2 Å². The van der Waals surface area contributed by atoms with Gasteiger partial charge in [0, 0.05) is 17.6 Å². The van der Waals surface area contributed by atoms with Gasteiger partial charge in [0.2, 0.25) is 5.91 Å². The topological polar surface area (TPSA) is 68.0 Å². The van der Waals surface area contributed by atoms with Gasteiger partial charge >= 0.3 is 0 Å². The minimum Gasteiger partial charge on any atom is -0.326 e. The molecule has 0 atom stereocenters. The summed E-state index contributed by atoms with van der Waals surface area (Å²) < 4.78 is 2.11. The minimum absolute atomic E-state index is 0.0681. The van der Waals surface area contributed by atoms with Gasteiger partial charge in [-0.05, 0) is 38.3 Å². The molecule has 0 bridgehead atoms. The standard InChI is InChI=1S/C13H17N3OS2/c1-13(2,14)7-11(17)15-8-4-5-9-10(6-8)19-12(16-9)18-3/h4-6H,7,14H2,1-3H3,(H,15,17). The number of amides is 1. The van der Waals surface area contributed by atoms with Crippen molar-refractivity contribution in [2.24, 2.45) is 5.73 Å². The first-order chi connectivity index (χ1) is 8.87. The van der Waals surface area contributed by atoms with Crippen LogP contribution >= 0.6 is 23.1 Å². The number of hydrogen-bond donors (Lipinski definition) is 2. The Hall–Kier alpha value is -1.11. The first-order valence-electron chi connectivity index (χ1n) is 5.91. The Labute approximate surface area is 120 Å². The number of carbonyl (C=O) groups is 1. The van der Waals surface area contributed by atoms with Crippen molar-refractivity contribution in [3.63, 3.8) is 0 Å². The Morgan fingerprint density at radius 1 is 1.53 bits per heavy atom. The first-order valence-corrected chi connectivity index (χ1v) is 7.95. The maximum absolute atomic E-state index is 11.8. The van der Waals surface area contributed by atoms with Gasteiger partial charge in [-0.25, -0.2) is 4.98 Å². The molecule has 0 radical (unpaired) electrons. The molecule has 2 aromatic rings. The van der Waals surface area contributed by atoms with Gasteiger partial charge in [0.15, 0.2) is 4.34 Å². The van der Waals surface area contributed by atoms with Crippen molar-refractivity contribution in [2.45, 2.75) is 30.1 Å². The number of anilines is 1. The van der Waals surface area contributed by atoms with E-state index in [2.05, 4.69) is 10.3 Å². The molecule has 0 aliphatic carbocycles. The summed E-state index contributed by atoms with van der Waals surface area (Å²) in [7, 11) is 0. The summed E-state index contributed by atoms with van der Waals surface area (Å²) in [5.74, 6) is -0.0681. The molecule has 0 saturated carbocycles. The monoisotopic (exact) mass is 295 g/mol. The molecule has 0 aliphatic rings. The molecule has 3 N–H and O–H groups in total. The van der Waals surface area contributed by atoms with Gasteiger partial charge in [-0.15, -0.1) is 11.3 Å². The number of carbonyl (C=O) groups excluding carboxylic acids is 1. The number of aromatic nitrogens is 1. The van der Waals surface area contributed by atoms with Crippen molar-refractivity contribution >= 4 is 44.9 Å². The van der Waals surface area contributed by atoms with Crippen LogP contribution in [0.3, 0.4) is 0 Å². The van der Waals surface area contributed by atoms with Crippen molar-refractivity contribution < 1.29 is 4.79 Å². The van der Waals surface area contributed by atoms with Crippen molar-refractivity contribution in [1.29, 1.82) is 0 Å². The van der Waals surface area contributed by atoms with Gasteiger partial charge < -0.3 is 11.1 Å². The fourth-order valence-electron chi connectivity index (χ4n) is 1.69. The predicted octanol–water partition coefficient (Wildman–Crippen LogP) is 3.08. The summed E-state index contributed by atoms with van der Waals surface area (Å²) in [5, 5.41) is 2.87. The van der Waals surface area contributed by atoms with Crippen molar-refractivity contribution in [1.82, 2.24) is 4.98 Å². The molecule has 1 aromatic heterocycles. The molecule has 0 fully saturated rings. The smallest absolute Gasteiger partial charge is 0.226 e. The van der Waals surface area contributed by atoms with Gasteiger partial charge in [-0.3, -0.25) is 4.79 Å². The van der Waals surface area contributed by atoms with Crippen LogP contribution in [-0.4, -0.2) is 22.7 Å². The van der Waals surface area contributed by atoms with E-state index in [1.54, 1.807) is 23.1 Å². The van der Waals surface area contributed by atoms with E-state index in [0.29, 0.717) is 6.42 Å². The highest BCUT2D eigenvalue weighted by atomic mass is 32.2. The van der Waals surface area contributed by atoms with Gasteiger partial charge in [0.05, 0.1) is 10.2 Å². The van der Waals surface area contributed by atoms with Gasteiger partial charge in [0.1, 0.15) is 0 Å². The molecule has 6 heteroatoms. The van der Waals surface area contributed by atoms with Crippen LogP contribution in [0.2, 0.25) is 0 Å². The quantitative estimate of drug-likeness (QED) is 0.851. The number of hydrogen-bond acceptors (Lipinski definition) is 5. The summed E-state index contributed by atoms with van der Waals surface area (Å²) in [6.07, 6.45) is 2.30. The number of nitrogens with zero attached hydrogens (tertiary/aromatic N) is 1. The van der Waals surface area contributed by atoms with Crippen LogP contribution in [0, 0.1) is 0 Å². The van der Waals surface area contributed by atoms with Gasteiger partial charge in [0.25, 0.3) is 0 Å². The molecular weight excluding hydrogens is 278 g/mol. The van der Waals surface area contributed by atoms with E-state index in [4.69, 9.17) is 5.73 Å². The summed E-state index contributed by atoms with van der Waals surface area (Å²) in [4.78, 5) is 16.3. The Kier molecular flexibility index (Phi) is 4.13. The fraction of sp³-hybridized carbons (Fsp3) is 0.385. The molecule has 0 unspecified atom stereocenters. The van der Waals surface area contributed by atoms with Crippen LogP contribution in [0.1, 0.15) is 20.3 Å². The highest BCUT2D eigenvalue weighted by molar-refractivity contribution is 8.00. The molecule has 19 heavy (non-hydrogen) atoms. The van der Waals surface area contributed by atoms with Gasteiger partial charge in [-0.2, -0.15) is 0 Å². The Bertz CT molecular complexity index is 601. The largest absolute Gasteiger partial charge is 0.326 e. The molecule has 4 nitrogen and oxygen atoms in total. The lowest BCUT2D eigenvalue weighted by Crippen LogP contribution is -2.36. The normalized spacial score (nSPS) is 11.8. The summed E-state index contributed by atoms with van der Waals surface area (Å²) in [6, 6.07) is 5.75. The Balaban J connectivity index is 2.15. The number of thiazole rings is 1. The third-order valence-corrected chi connectivity index (χ3v) is 4.45. The predicted molar refractivity (Wildman–Crippen MR) is 82.9 cm³/mol. The lowest BCUT2D eigenvalue weighted by atomic mass is 10.0. The Morgan fingerprint density at radius 3 is 2.89 bits per heavy atom. The molecule has 0 aliphatic heterocycles. The molecule has 1 heterocycles. The fourth-order valence-corrected chi connectivity index (χ4v) is 3.22. The van der Waals surface area contributed by atoms with Crippen molar-refractivity contribution in [2.75, 3.05) is 11.6 Å². The first kappa shape index (κ1) is 14.3. The van der Waals surface area contributed by atoms with E-state index in [0.717, 1.165) is 20.2 Å². The van der Waals surface area contributed by atoms with Crippen LogP contribution in [0.5, 0.6) is 0 Å². The second-order valence-corrected chi connectivity index (χ2v) is 7.16. The summed E-state index contributed by atoms with van der Waals surface area (Å²) in [5.41, 5.74) is 7.09. The van der Waals surface area contributed by atoms with Crippen LogP contribution < -0.4 is 11.1 Å². The van der Waals surface area contributed by atoms with E-state index >= 15 is 0 Å². The maximum Gasteiger partial charge on any atom is 0.226 e. The third kappa shape index (κ3) is 3.92. The molecular formula is C13H17N3OS2. The SMILES string of the molecule is CSc1nc2ccc(NC(=O)CC(C)(C)N)cc2s1. The van der Waals surface area contributed by atoms with E-state index in [1.165, 1.54) is 0 Å². The van der Waals surface area contributed by atoms with E-state index < -0.39 is 5.54 Å². The Morgan fingerprint density at radius 2 is 2.26 bits per heavy atom. The van der Waals surface area contributed by atoms with Crippen LogP contribution in [0.4, 0.5) is 5.69 Å². The van der Waals surface area contributed by atoms with E-state index in [-0.39, 0.29) is 5.91 Å². The zero-order valence-corrected chi connectivity index (χ0v) is 12.8. The third-order valence-electron chi connectivity index (χ3n) is 2.44. The summed E-state index contributed by atoms with van der Waals surface area (Å²) in [6.45, 7) is 3.67. The second kappa shape index (κ2) is 5.48. The van der Waals surface area contributed by atoms with E-state index in [9.17, 15) is 4.79 Å². The van der Waals surface area contributed by atoms with E-state index in [1.807, 2.05) is 38.3 Å². The second-order valence-electron chi connectivity index (χ2n) is 5.08. The molecule has 2 rings (SSSR count). The average molecular weight is 295 g/mol. The number of fused-ring (bicyclic) bond motifs is 1. The molecule has 0 saturated heterocycles. The molecule has 0 spiro atoms. The minimum atomic E-state index is -0.495. The van der Waals surface area contributed by atoms with Crippen LogP contribution in [0.15, 0.2) is 22.5 Å². The number of thioether (sulfide) groups is 1. The van der Waals surface area contributed by atoms with Crippen molar-refractivity contribution in [3.8, 4) is 0 Å².